The van der Waals surface area contributed by atoms with Crippen molar-refractivity contribution in [2.24, 2.45) is 0 Å². The van der Waals surface area contributed by atoms with Crippen LogP contribution in [-0.2, 0) is 22.6 Å². The molecule has 0 radical (unpaired) electrons. The molecule has 7 heteroatoms. The van der Waals surface area contributed by atoms with Gasteiger partial charge in [-0.25, -0.2) is 4.79 Å². The fourth-order valence-corrected chi connectivity index (χ4v) is 3.46. The van der Waals surface area contributed by atoms with Gasteiger partial charge in [0.05, 0.1) is 20.6 Å². The van der Waals surface area contributed by atoms with Crippen LogP contribution in [-0.4, -0.2) is 20.2 Å². The van der Waals surface area contributed by atoms with Gasteiger partial charge in [-0.2, -0.15) is 0 Å². The summed E-state index contributed by atoms with van der Waals surface area (Å²) in [5.74, 6) is 0.656. The first kappa shape index (κ1) is 20.9. The Balaban J connectivity index is 1.80. The number of carbonyl (C=O) groups excluding carboxylic acids is 1. The van der Waals surface area contributed by atoms with Crippen molar-refractivity contribution in [1.82, 2.24) is 0 Å². The number of ether oxygens (including phenoxy) is 3. The third-order valence-corrected chi connectivity index (χ3v) is 5.46. The maximum absolute atomic E-state index is 12.4. The first-order valence-electron chi connectivity index (χ1n) is 8.92. The molecule has 2 aromatic carbocycles. The molecule has 0 spiro atoms. The average Bonchev–Trinajstić information content (AvgIpc) is 2.68. The molecule has 0 N–H and O–H groups in total. The lowest BCUT2D eigenvalue weighted by molar-refractivity contribution is -0.144. The van der Waals surface area contributed by atoms with Crippen LogP contribution in [0.1, 0.15) is 22.3 Å². The standard InChI is InChI=1S/C22H21BrO6/c1-12-5-16-15(9-22(25)29-18(16)6-13(12)2)11-28-21(24)8-14-7-19(26-3)20(27-4)10-17(14)23/h5-7,9-10H,8,11H2,1-4H3. The van der Waals surface area contributed by atoms with Gasteiger partial charge >= 0.3 is 11.6 Å². The Morgan fingerprint density at radius 2 is 1.62 bits per heavy atom. The number of benzene rings is 2. The van der Waals surface area contributed by atoms with Crippen LogP contribution in [0.4, 0.5) is 0 Å². The summed E-state index contributed by atoms with van der Waals surface area (Å²) in [6.45, 7) is 3.90. The molecule has 0 fully saturated rings. The molecule has 3 aromatic rings. The molecule has 0 aliphatic carbocycles. The summed E-state index contributed by atoms with van der Waals surface area (Å²) in [4.78, 5) is 24.3. The van der Waals surface area contributed by atoms with Gasteiger partial charge in [0.2, 0.25) is 0 Å². The van der Waals surface area contributed by atoms with E-state index in [4.69, 9.17) is 18.6 Å². The smallest absolute Gasteiger partial charge is 0.336 e. The molecule has 0 amide bonds. The van der Waals surface area contributed by atoms with E-state index in [0.717, 1.165) is 16.5 Å². The maximum atomic E-state index is 12.4. The topological polar surface area (TPSA) is 75.0 Å². The second-order valence-corrected chi connectivity index (χ2v) is 7.51. The van der Waals surface area contributed by atoms with Crippen LogP contribution in [0.5, 0.6) is 11.5 Å². The van der Waals surface area contributed by atoms with Crippen LogP contribution in [0.2, 0.25) is 0 Å². The summed E-state index contributed by atoms with van der Waals surface area (Å²) in [6, 6.07) is 8.57. The molecule has 1 heterocycles. The molecule has 0 unspecified atom stereocenters. The number of fused-ring (bicyclic) bond motifs is 1. The van der Waals surface area contributed by atoms with Crippen molar-refractivity contribution < 1.29 is 23.4 Å². The van der Waals surface area contributed by atoms with Gasteiger partial charge in [-0.3, -0.25) is 4.79 Å². The van der Waals surface area contributed by atoms with Crippen molar-refractivity contribution in [2.45, 2.75) is 26.9 Å². The molecule has 0 aliphatic heterocycles. The number of carbonyl (C=O) groups is 1. The number of hydrogen-bond donors (Lipinski definition) is 0. The third-order valence-electron chi connectivity index (χ3n) is 4.72. The Morgan fingerprint density at radius 1 is 0.966 bits per heavy atom. The van der Waals surface area contributed by atoms with Gasteiger partial charge in [0.25, 0.3) is 0 Å². The zero-order chi connectivity index (χ0) is 21.1. The summed E-state index contributed by atoms with van der Waals surface area (Å²) in [7, 11) is 3.08. The SMILES string of the molecule is COc1cc(Br)c(CC(=O)OCc2cc(=O)oc3cc(C)c(C)cc23)cc1OC. The molecule has 29 heavy (non-hydrogen) atoms. The molecule has 0 saturated carbocycles. The Hall–Kier alpha value is -2.80. The first-order chi connectivity index (χ1) is 13.8. The molecular weight excluding hydrogens is 440 g/mol. The van der Waals surface area contributed by atoms with Crippen LogP contribution >= 0.6 is 15.9 Å². The van der Waals surface area contributed by atoms with E-state index in [1.54, 1.807) is 19.2 Å². The van der Waals surface area contributed by atoms with Gasteiger partial charge in [-0.1, -0.05) is 15.9 Å². The van der Waals surface area contributed by atoms with Crippen molar-refractivity contribution in [2.75, 3.05) is 14.2 Å². The highest BCUT2D eigenvalue weighted by Gasteiger charge is 2.15. The Kier molecular flexibility index (Phi) is 6.27. The van der Waals surface area contributed by atoms with Crippen LogP contribution in [0.25, 0.3) is 11.0 Å². The van der Waals surface area contributed by atoms with E-state index in [0.29, 0.717) is 32.7 Å². The number of halogens is 1. The first-order valence-corrected chi connectivity index (χ1v) is 9.71. The van der Waals surface area contributed by atoms with Crippen LogP contribution < -0.4 is 15.1 Å². The summed E-state index contributed by atoms with van der Waals surface area (Å²) in [5.41, 5.74) is 3.40. The van der Waals surface area contributed by atoms with Gasteiger partial charge in [0, 0.05) is 21.5 Å². The van der Waals surface area contributed by atoms with E-state index in [1.807, 2.05) is 26.0 Å². The van der Waals surface area contributed by atoms with E-state index < -0.39 is 11.6 Å². The molecule has 0 saturated heterocycles. The van der Waals surface area contributed by atoms with Crippen molar-refractivity contribution in [3.8, 4) is 11.5 Å². The minimum absolute atomic E-state index is 0.0195. The van der Waals surface area contributed by atoms with E-state index in [-0.39, 0.29) is 13.0 Å². The third kappa shape index (κ3) is 4.62. The van der Waals surface area contributed by atoms with Crippen LogP contribution in [0, 0.1) is 13.8 Å². The van der Waals surface area contributed by atoms with E-state index in [2.05, 4.69) is 15.9 Å². The van der Waals surface area contributed by atoms with Crippen molar-refractivity contribution >= 4 is 32.9 Å². The quantitative estimate of drug-likeness (QED) is 0.398. The van der Waals surface area contributed by atoms with Gasteiger partial charge in [0.15, 0.2) is 11.5 Å². The summed E-state index contributed by atoms with van der Waals surface area (Å²) in [5, 5.41) is 0.757. The van der Waals surface area contributed by atoms with E-state index in [9.17, 15) is 9.59 Å². The zero-order valence-corrected chi connectivity index (χ0v) is 18.2. The number of hydrogen-bond acceptors (Lipinski definition) is 6. The van der Waals surface area contributed by atoms with Gasteiger partial charge < -0.3 is 18.6 Å². The lowest BCUT2D eigenvalue weighted by atomic mass is 10.0. The highest BCUT2D eigenvalue weighted by Crippen LogP contribution is 2.33. The Morgan fingerprint density at radius 3 is 2.31 bits per heavy atom. The number of rotatable bonds is 6. The number of methoxy groups -OCH3 is 2. The van der Waals surface area contributed by atoms with Gasteiger partial charge in [-0.05, 0) is 54.8 Å². The van der Waals surface area contributed by atoms with E-state index >= 15 is 0 Å². The molecule has 3 rings (SSSR count). The van der Waals surface area contributed by atoms with Crippen molar-refractivity contribution in [3.05, 3.63) is 67.5 Å². The molecule has 0 atom stereocenters. The van der Waals surface area contributed by atoms with Crippen molar-refractivity contribution in [3.63, 3.8) is 0 Å². The summed E-state index contributed by atoms with van der Waals surface area (Å²) in [6.07, 6.45) is 0.0401. The molecule has 0 aliphatic rings. The molecule has 6 nitrogen and oxygen atoms in total. The monoisotopic (exact) mass is 460 g/mol. The molecule has 152 valence electrons. The number of aryl methyl sites for hydroxylation is 2. The molecule has 1 aromatic heterocycles. The van der Waals surface area contributed by atoms with Crippen molar-refractivity contribution in [1.29, 1.82) is 0 Å². The Bertz CT molecular complexity index is 1130. The highest BCUT2D eigenvalue weighted by molar-refractivity contribution is 9.10. The second kappa shape index (κ2) is 8.69. The van der Waals surface area contributed by atoms with Gasteiger partial charge in [-0.15, -0.1) is 0 Å². The molecule has 0 bridgehead atoms. The molecular formula is C22H21BrO6. The second-order valence-electron chi connectivity index (χ2n) is 6.66. The fraction of sp³-hybridized carbons (Fsp3) is 0.273. The van der Waals surface area contributed by atoms with Crippen LogP contribution in [0.3, 0.4) is 0 Å². The predicted octanol–water partition coefficient (Wildman–Crippen LogP) is 4.48. The lowest BCUT2D eigenvalue weighted by Crippen LogP contribution is -2.10. The summed E-state index contributed by atoms with van der Waals surface area (Å²) >= 11 is 3.44. The predicted molar refractivity (Wildman–Crippen MR) is 113 cm³/mol. The Labute approximate surface area is 176 Å². The lowest BCUT2D eigenvalue weighted by Gasteiger charge is -2.12. The number of esters is 1. The normalized spacial score (nSPS) is 10.8. The largest absolute Gasteiger partial charge is 0.493 e. The fourth-order valence-electron chi connectivity index (χ4n) is 3.00. The van der Waals surface area contributed by atoms with Gasteiger partial charge in [0.1, 0.15) is 12.2 Å². The summed E-state index contributed by atoms with van der Waals surface area (Å²) < 4.78 is 22.0. The maximum Gasteiger partial charge on any atom is 0.336 e. The zero-order valence-electron chi connectivity index (χ0n) is 16.6. The minimum atomic E-state index is -0.477. The minimum Gasteiger partial charge on any atom is -0.493 e. The highest BCUT2D eigenvalue weighted by atomic mass is 79.9. The van der Waals surface area contributed by atoms with Crippen LogP contribution in [0.15, 0.2) is 44.0 Å². The average molecular weight is 461 g/mol. The van der Waals surface area contributed by atoms with E-state index in [1.165, 1.54) is 13.2 Å².